The normalized spacial score (nSPS) is 21.9. The van der Waals surface area contributed by atoms with Gasteiger partial charge in [-0.05, 0) is 25.0 Å². The lowest BCUT2D eigenvalue weighted by Gasteiger charge is -2.26. The minimum absolute atomic E-state index is 0.174. The lowest BCUT2D eigenvalue weighted by molar-refractivity contribution is -0.0114. The number of aromatic nitrogens is 1. The summed E-state index contributed by atoms with van der Waals surface area (Å²) in [6.45, 7) is 1.45. The van der Waals surface area contributed by atoms with E-state index in [0.717, 1.165) is 36.0 Å². The first kappa shape index (κ1) is 11.6. The van der Waals surface area contributed by atoms with Gasteiger partial charge in [0.1, 0.15) is 6.10 Å². The number of pyridine rings is 1. The van der Waals surface area contributed by atoms with Crippen molar-refractivity contribution in [1.82, 2.24) is 4.98 Å². The molecule has 1 fully saturated rings. The van der Waals surface area contributed by atoms with Gasteiger partial charge in [-0.3, -0.25) is 4.98 Å². The fourth-order valence-corrected chi connectivity index (χ4v) is 2.50. The molecule has 1 aliphatic heterocycles. The molecule has 1 aromatic carbocycles. The molecule has 3 nitrogen and oxygen atoms in total. The third kappa shape index (κ3) is 2.24. The van der Waals surface area contributed by atoms with Crippen LogP contribution in [0.1, 0.15) is 24.6 Å². The highest BCUT2D eigenvalue weighted by molar-refractivity contribution is 5.78. The molecular weight excluding hydrogens is 226 g/mol. The molecule has 0 saturated carbocycles. The molecule has 0 bridgehead atoms. The smallest absolute Gasteiger partial charge is 0.101 e. The third-order valence-corrected chi connectivity index (χ3v) is 3.57. The summed E-state index contributed by atoms with van der Waals surface area (Å²) in [6, 6.07) is 11.9. The highest BCUT2D eigenvalue weighted by atomic mass is 16.5. The van der Waals surface area contributed by atoms with E-state index in [2.05, 4.69) is 4.98 Å². The van der Waals surface area contributed by atoms with Crippen LogP contribution in [0.25, 0.3) is 10.9 Å². The molecule has 2 unspecified atom stereocenters. The Morgan fingerprint density at radius 2 is 2.11 bits per heavy atom. The van der Waals surface area contributed by atoms with Gasteiger partial charge in [0.05, 0.1) is 17.8 Å². The molecule has 18 heavy (non-hydrogen) atoms. The van der Waals surface area contributed by atoms with Crippen molar-refractivity contribution in [3.63, 3.8) is 0 Å². The molecule has 2 aromatic rings. The third-order valence-electron chi connectivity index (χ3n) is 3.57. The molecule has 2 atom stereocenters. The number of aliphatic hydroxyl groups is 1. The molecule has 1 aliphatic rings. The van der Waals surface area contributed by atoms with Crippen LogP contribution in [0.2, 0.25) is 0 Å². The lowest BCUT2D eigenvalue weighted by Crippen LogP contribution is -2.24. The molecule has 1 aromatic heterocycles. The quantitative estimate of drug-likeness (QED) is 0.881. The number of hydrogen-bond acceptors (Lipinski definition) is 3. The summed E-state index contributed by atoms with van der Waals surface area (Å²) in [7, 11) is 0. The van der Waals surface area contributed by atoms with Gasteiger partial charge in [0.15, 0.2) is 0 Å². The van der Waals surface area contributed by atoms with Crippen LogP contribution in [0.4, 0.5) is 0 Å². The Morgan fingerprint density at radius 1 is 1.22 bits per heavy atom. The zero-order valence-electron chi connectivity index (χ0n) is 10.2. The summed E-state index contributed by atoms with van der Waals surface area (Å²) >= 11 is 0. The Morgan fingerprint density at radius 3 is 2.94 bits per heavy atom. The molecule has 3 heteroatoms. The van der Waals surface area contributed by atoms with Gasteiger partial charge in [0, 0.05) is 17.9 Å². The molecule has 0 radical (unpaired) electrons. The van der Waals surface area contributed by atoms with Gasteiger partial charge < -0.3 is 9.84 Å². The number of ether oxygens (including phenoxy) is 1. The van der Waals surface area contributed by atoms with E-state index >= 15 is 0 Å². The number of rotatable bonds is 2. The van der Waals surface area contributed by atoms with Crippen molar-refractivity contribution in [3.8, 4) is 0 Å². The van der Waals surface area contributed by atoms with Gasteiger partial charge >= 0.3 is 0 Å². The van der Waals surface area contributed by atoms with E-state index < -0.39 is 6.10 Å². The Balaban J connectivity index is 1.88. The van der Waals surface area contributed by atoms with E-state index in [1.165, 1.54) is 0 Å². The van der Waals surface area contributed by atoms with Crippen molar-refractivity contribution >= 4 is 10.9 Å². The van der Waals surface area contributed by atoms with E-state index in [4.69, 9.17) is 4.74 Å². The number of nitrogens with zero attached hydrogens (tertiary/aromatic N) is 1. The van der Waals surface area contributed by atoms with Crippen molar-refractivity contribution in [2.75, 3.05) is 13.2 Å². The Labute approximate surface area is 106 Å². The summed E-state index contributed by atoms with van der Waals surface area (Å²) in [4.78, 5) is 4.54. The fourth-order valence-electron chi connectivity index (χ4n) is 2.50. The van der Waals surface area contributed by atoms with Crippen LogP contribution >= 0.6 is 0 Å². The predicted octanol–water partition coefficient (Wildman–Crippen LogP) is 2.69. The van der Waals surface area contributed by atoms with Crippen molar-refractivity contribution < 1.29 is 9.84 Å². The van der Waals surface area contributed by atoms with Gasteiger partial charge in [-0.1, -0.05) is 24.3 Å². The first-order valence-corrected chi connectivity index (χ1v) is 6.46. The van der Waals surface area contributed by atoms with Crippen LogP contribution in [0.5, 0.6) is 0 Å². The summed E-state index contributed by atoms with van der Waals surface area (Å²) in [5.74, 6) is 0.174. The minimum atomic E-state index is -0.519. The number of fused-ring (bicyclic) bond motifs is 1. The van der Waals surface area contributed by atoms with Gasteiger partial charge in [-0.15, -0.1) is 0 Å². The zero-order chi connectivity index (χ0) is 12.4. The maximum absolute atomic E-state index is 10.4. The minimum Gasteiger partial charge on any atom is -0.386 e. The topological polar surface area (TPSA) is 42.4 Å². The predicted molar refractivity (Wildman–Crippen MR) is 70.2 cm³/mol. The van der Waals surface area contributed by atoms with Gasteiger partial charge in [-0.2, -0.15) is 0 Å². The summed E-state index contributed by atoms with van der Waals surface area (Å²) in [5, 5.41) is 11.5. The highest BCUT2D eigenvalue weighted by Gasteiger charge is 2.24. The van der Waals surface area contributed by atoms with Gasteiger partial charge in [-0.25, -0.2) is 0 Å². The average molecular weight is 243 g/mol. The molecule has 0 aliphatic carbocycles. The molecule has 1 saturated heterocycles. The van der Waals surface area contributed by atoms with Gasteiger partial charge in [0.25, 0.3) is 0 Å². The number of para-hydroxylation sites is 1. The molecule has 2 heterocycles. The van der Waals surface area contributed by atoms with E-state index in [9.17, 15) is 5.11 Å². The summed E-state index contributed by atoms with van der Waals surface area (Å²) in [5.41, 5.74) is 1.69. The van der Waals surface area contributed by atoms with Crippen molar-refractivity contribution in [2.45, 2.75) is 18.9 Å². The number of hydrogen-bond donors (Lipinski definition) is 1. The van der Waals surface area contributed by atoms with Crippen LogP contribution in [0.15, 0.2) is 36.4 Å². The zero-order valence-corrected chi connectivity index (χ0v) is 10.2. The molecule has 94 valence electrons. The van der Waals surface area contributed by atoms with Crippen LogP contribution in [-0.4, -0.2) is 23.3 Å². The molecule has 0 spiro atoms. The fraction of sp³-hybridized carbons (Fsp3) is 0.400. The second kappa shape index (κ2) is 5.04. The van der Waals surface area contributed by atoms with Gasteiger partial charge in [0.2, 0.25) is 0 Å². The van der Waals surface area contributed by atoms with E-state index in [-0.39, 0.29) is 5.92 Å². The first-order chi connectivity index (χ1) is 8.84. The van der Waals surface area contributed by atoms with Crippen molar-refractivity contribution in [3.05, 3.63) is 42.1 Å². The largest absolute Gasteiger partial charge is 0.386 e. The summed E-state index contributed by atoms with van der Waals surface area (Å²) in [6.07, 6.45) is 1.51. The van der Waals surface area contributed by atoms with Crippen LogP contribution in [0.3, 0.4) is 0 Å². The molecular formula is C15H17NO2. The Hall–Kier alpha value is -1.45. The Kier molecular flexibility index (Phi) is 3.26. The van der Waals surface area contributed by atoms with Crippen molar-refractivity contribution in [2.24, 2.45) is 5.92 Å². The van der Waals surface area contributed by atoms with Crippen LogP contribution < -0.4 is 0 Å². The maximum Gasteiger partial charge on any atom is 0.101 e. The molecule has 0 amide bonds. The van der Waals surface area contributed by atoms with Crippen LogP contribution in [-0.2, 0) is 4.74 Å². The van der Waals surface area contributed by atoms with Crippen molar-refractivity contribution in [1.29, 1.82) is 0 Å². The molecule has 1 N–H and O–H groups in total. The monoisotopic (exact) mass is 243 g/mol. The number of benzene rings is 1. The first-order valence-electron chi connectivity index (χ1n) is 6.46. The van der Waals surface area contributed by atoms with Crippen LogP contribution in [0, 0.1) is 5.92 Å². The molecule has 3 rings (SSSR count). The SMILES string of the molecule is OC(c1ccc2ccccc2n1)C1CCCOC1. The average Bonchev–Trinajstić information content (AvgIpc) is 2.47. The van der Waals surface area contributed by atoms with E-state index in [1.807, 2.05) is 36.4 Å². The lowest BCUT2D eigenvalue weighted by atomic mass is 9.93. The van der Waals surface area contributed by atoms with E-state index in [1.54, 1.807) is 0 Å². The maximum atomic E-state index is 10.4. The Bertz CT molecular complexity index is 535. The standard InChI is InChI=1S/C15H17NO2/c17-15(12-5-3-9-18-10-12)14-8-7-11-4-1-2-6-13(11)16-14/h1-2,4,6-8,12,15,17H,3,5,9-10H2. The van der Waals surface area contributed by atoms with E-state index in [0.29, 0.717) is 6.61 Å². The summed E-state index contributed by atoms with van der Waals surface area (Å²) < 4.78 is 5.42. The number of aliphatic hydroxyl groups excluding tert-OH is 1. The highest BCUT2D eigenvalue weighted by Crippen LogP contribution is 2.28. The second-order valence-corrected chi connectivity index (χ2v) is 4.85. The second-order valence-electron chi connectivity index (χ2n) is 4.85.